The number of aromatic carboxylic acids is 1. The highest BCUT2D eigenvalue weighted by Crippen LogP contribution is 2.19. The Bertz CT molecular complexity index is 398. The van der Waals surface area contributed by atoms with Gasteiger partial charge in [-0.2, -0.15) is 5.10 Å². The van der Waals surface area contributed by atoms with E-state index in [0.29, 0.717) is 0 Å². The Balaban J connectivity index is 3.23. The molecule has 0 aliphatic rings. The van der Waals surface area contributed by atoms with Gasteiger partial charge in [-0.1, -0.05) is 11.6 Å². The fourth-order valence-corrected chi connectivity index (χ4v) is 1.32. The van der Waals surface area contributed by atoms with Crippen LogP contribution in [0.3, 0.4) is 0 Å². The van der Waals surface area contributed by atoms with Crippen molar-refractivity contribution in [2.75, 3.05) is 0 Å². The molecule has 6 heteroatoms. The lowest BCUT2D eigenvalue weighted by molar-refractivity contribution is -0.116. The number of hydrogen-bond donors (Lipinski definition) is 1. The minimum Gasteiger partial charge on any atom is -0.476 e. The molecular weight excluding hydrogens is 208 g/mol. The quantitative estimate of drug-likeness (QED) is 0.815. The monoisotopic (exact) mass is 216 g/mol. The smallest absolute Gasteiger partial charge is 0.356 e. The molecule has 76 valence electrons. The molecule has 1 aromatic heterocycles. The number of rotatable bonds is 3. The zero-order chi connectivity index (χ0) is 10.9. The lowest BCUT2D eigenvalue weighted by Gasteiger charge is -1.95. The van der Waals surface area contributed by atoms with E-state index < -0.39 is 5.97 Å². The van der Waals surface area contributed by atoms with Gasteiger partial charge in [-0.15, -0.1) is 0 Å². The molecule has 0 amide bonds. The second kappa shape index (κ2) is 3.79. The molecule has 0 radical (unpaired) electrons. The third-order valence-corrected chi connectivity index (χ3v) is 2.17. The van der Waals surface area contributed by atoms with Gasteiger partial charge >= 0.3 is 5.97 Å². The third-order valence-electron chi connectivity index (χ3n) is 1.70. The average Bonchev–Trinajstić information content (AvgIpc) is 2.32. The lowest BCUT2D eigenvalue weighted by atomic mass is 10.1. The van der Waals surface area contributed by atoms with Crippen LogP contribution in [0.2, 0.25) is 5.15 Å². The average molecular weight is 217 g/mol. The number of aryl methyl sites for hydroxylation is 1. The first-order chi connectivity index (χ1) is 6.43. The summed E-state index contributed by atoms with van der Waals surface area (Å²) in [5.41, 5.74) is 0.113. The Labute approximate surface area is 85.3 Å². The summed E-state index contributed by atoms with van der Waals surface area (Å²) in [4.78, 5) is 21.6. The first kappa shape index (κ1) is 10.7. The van der Waals surface area contributed by atoms with Crippen molar-refractivity contribution >= 4 is 23.4 Å². The van der Waals surface area contributed by atoms with Crippen LogP contribution in [0, 0.1) is 0 Å². The maximum Gasteiger partial charge on any atom is 0.356 e. The summed E-state index contributed by atoms with van der Waals surface area (Å²) in [5, 5.41) is 12.7. The zero-order valence-electron chi connectivity index (χ0n) is 7.74. The molecule has 0 atom stereocenters. The van der Waals surface area contributed by atoms with E-state index in [0.717, 1.165) is 0 Å². The van der Waals surface area contributed by atoms with Gasteiger partial charge in [0.05, 0.1) is 0 Å². The van der Waals surface area contributed by atoms with Gasteiger partial charge in [0, 0.05) is 19.0 Å². The highest BCUT2D eigenvalue weighted by molar-refractivity contribution is 6.31. The Kier molecular flexibility index (Phi) is 2.90. The normalized spacial score (nSPS) is 10.2. The van der Waals surface area contributed by atoms with E-state index in [-0.39, 0.29) is 28.6 Å². The van der Waals surface area contributed by atoms with Crippen molar-refractivity contribution in [3.8, 4) is 0 Å². The van der Waals surface area contributed by atoms with Crippen molar-refractivity contribution in [2.45, 2.75) is 13.3 Å². The molecule has 5 nitrogen and oxygen atoms in total. The van der Waals surface area contributed by atoms with Crippen LogP contribution in [-0.4, -0.2) is 26.6 Å². The number of ketones is 1. The number of aromatic nitrogens is 2. The summed E-state index contributed by atoms with van der Waals surface area (Å²) in [7, 11) is 1.53. The van der Waals surface area contributed by atoms with Crippen LogP contribution in [0.25, 0.3) is 0 Å². The summed E-state index contributed by atoms with van der Waals surface area (Å²) >= 11 is 5.79. The van der Waals surface area contributed by atoms with Crippen LogP contribution >= 0.6 is 11.6 Å². The van der Waals surface area contributed by atoms with Crippen molar-refractivity contribution in [3.63, 3.8) is 0 Å². The molecule has 14 heavy (non-hydrogen) atoms. The molecule has 0 saturated heterocycles. The fourth-order valence-electron chi connectivity index (χ4n) is 1.12. The topological polar surface area (TPSA) is 72.2 Å². The summed E-state index contributed by atoms with van der Waals surface area (Å²) in [6, 6.07) is 0. The predicted molar refractivity (Wildman–Crippen MR) is 49.6 cm³/mol. The first-order valence-corrected chi connectivity index (χ1v) is 4.25. The molecule has 0 unspecified atom stereocenters. The van der Waals surface area contributed by atoms with Crippen LogP contribution in [0.5, 0.6) is 0 Å². The molecule has 1 rings (SSSR count). The molecular formula is C8H9ClN2O3. The van der Waals surface area contributed by atoms with Gasteiger partial charge in [-0.25, -0.2) is 4.79 Å². The number of carboxylic acids is 1. The van der Waals surface area contributed by atoms with Gasteiger partial charge in [0.1, 0.15) is 10.9 Å². The van der Waals surface area contributed by atoms with Gasteiger partial charge < -0.3 is 5.11 Å². The van der Waals surface area contributed by atoms with Crippen LogP contribution in [0.1, 0.15) is 23.0 Å². The minimum atomic E-state index is -1.18. The first-order valence-electron chi connectivity index (χ1n) is 3.87. The maximum atomic E-state index is 10.9. The number of carbonyl (C=O) groups excluding carboxylic acids is 1. The lowest BCUT2D eigenvalue weighted by Crippen LogP contribution is -2.05. The summed E-state index contributed by atoms with van der Waals surface area (Å²) in [6.45, 7) is 1.37. The molecule has 0 saturated carbocycles. The molecule has 1 N–H and O–H groups in total. The van der Waals surface area contributed by atoms with Gasteiger partial charge in [0.15, 0.2) is 5.69 Å². The van der Waals surface area contributed by atoms with Crippen molar-refractivity contribution in [1.82, 2.24) is 9.78 Å². The van der Waals surface area contributed by atoms with Gasteiger partial charge in [0.2, 0.25) is 0 Å². The Hall–Kier alpha value is -1.36. The molecule has 1 aromatic rings. The second-order valence-corrected chi connectivity index (χ2v) is 3.28. The van der Waals surface area contributed by atoms with E-state index in [1.807, 2.05) is 0 Å². The summed E-state index contributed by atoms with van der Waals surface area (Å²) in [5.74, 6) is -1.33. The Morgan fingerprint density at radius 3 is 2.57 bits per heavy atom. The van der Waals surface area contributed by atoms with E-state index in [1.165, 1.54) is 18.7 Å². The highest BCUT2D eigenvalue weighted by atomic mass is 35.5. The molecule has 0 aliphatic carbocycles. The third kappa shape index (κ3) is 1.93. The Morgan fingerprint density at radius 1 is 1.57 bits per heavy atom. The zero-order valence-corrected chi connectivity index (χ0v) is 8.50. The van der Waals surface area contributed by atoms with Crippen LogP contribution in [0.15, 0.2) is 0 Å². The molecule has 1 heterocycles. The SMILES string of the molecule is CC(=O)Cc1c(C(=O)O)nn(C)c1Cl. The fraction of sp³-hybridized carbons (Fsp3) is 0.375. The van der Waals surface area contributed by atoms with Crippen LogP contribution in [0.4, 0.5) is 0 Å². The van der Waals surface area contributed by atoms with E-state index in [9.17, 15) is 9.59 Å². The van der Waals surface area contributed by atoms with Crippen molar-refractivity contribution in [1.29, 1.82) is 0 Å². The van der Waals surface area contributed by atoms with E-state index in [1.54, 1.807) is 0 Å². The Morgan fingerprint density at radius 2 is 2.14 bits per heavy atom. The van der Waals surface area contributed by atoms with Gasteiger partial charge in [-0.3, -0.25) is 9.48 Å². The molecule has 0 bridgehead atoms. The molecule has 0 spiro atoms. The number of Topliss-reactive ketones (excluding diaryl/α,β-unsaturated/α-hetero) is 1. The number of nitrogens with zero attached hydrogens (tertiary/aromatic N) is 2. The number of halogens is 1. The van der Waals surface area contributed by atoms with Crippen LogP contribution in [-0.2, 0) is 18.3 Å². The van der Waals surface area contributed by atoms with Gasteiger partial charge in [0.25, 0.3) is 0 Å². The van der Waals surface area contributed by atoms with Gasteiger partial charge in [-0.05, 0) is 6.92 Å². The predicted octanol–water partition coefficient (Wildman–Crippen LogP) is 0.903. The highest BCUT2D eigenvalue weighted by Gasteiger charge is 2.20. The van der Waals surface area contributed by atoms with Crippen molar-refractivity contribution in [3.05, 3.63) is 16.4 Å². The summed E-state index contributed by atoms with van der Waals surface area (Å²) < 4.78 is 1.24. The number of carboxylic acid groups (broad SMARTS) is 1. The van der Waals surface area contributed by atoms with E-state index >= 15 is 0 Å². The van der Waals surface area contributed by atoms with E-state index in [4.69, 9.17) is 16.7 Å². The summed E-state index contributed by atoms with van der Waals surface area (Å²) in [6.07, 6.45) is -0.00565. The number of carbonyl (C=O) groups is 2. The minimum absolute atomic E-state index is 0.00565. The van der Waals surface area contributed by atoms with Crippen molar-refractivity contribution < 1.29 is 14.7 Å². The van der Waals surface area contributed by atoms with Crippen LogP contribution < -0.4 is 0 Å². The van der Waals surface area contributed by atoms with E-state index in [2.05, 4.69) is 5.10 Å². The largest absolute Gasteiger partial charge is 0.476 e. The standard InChI is InChI=1S/C8H9ClN2O3/c1-4(12)3-5-6(8(13)14)10-11(2)7(5)9/h3H2,1-2H3,(H,13,14). The molecule has 0 aliphatic heterocycles. The van der Waals surface area contributed by atoms with Crippen molar-refractivity contribution in [2.24, 2.45) is 7.05 Å². The molecule has 0 fully saturated rings. The number of hydrogen-bond acceptors (Lipinski definition) is 3. The molecule has 0 aromatic carbocycles. The second-order valence-electron chi connectivity index (χ2n) is 2.93. The maximum absolute atomic E-state index is 10.9.